The van der Waals surface area contributed by atoms with E-state index in [-0.39, 0.29) is 5.78 Å². The molecule has 0 aliphatic rings. The smallest absolute Gasteiger partial charge is 0.185 e. The van der Waals surface area contributed by atoms with Crippen molar-refractivity contribution >= 4 is 17.5 Å². The maximum Gasteiger partial charge on any atom is 0.185 e. The van der Waals surface area contributed by atoms with Crippen LogP contribution in [0.1, 0.15) is 60.7 Å². The maximum absolute atomic E-state index is 12.6. The van der Waals surface area contributed by atoms with Crippen LogP contribution in [0.15, 0.2) is 36.4 Å². The Morgan fingerprint density at radius 3 is 2.36 bits per heavy atom. The van der Waals surface area contributed by atoms with Crippen LogP contribution >= 0.6 is 0 Å². The topological polar surface area (TPSA) is 58.6 Å². The van der Waals surface area contributed by atoms with Gasteiger partial charge in [-0.1, -0.05) is 26.7 Å². The first-order valence-corrected chi connectivity index (χ1v) is 10.1. The lowest BCUT2D eigenvalue weighted by Gasteiger charge is -2.18. The number of rotatable bonds is 10. The molecular weight excluding hydrogens is 350 g/mol. The molecule has 0 bridgehead atoms. The molecule has 2 aromatic carbocycles. The van der Waals surface area contributed by atoms with Crippen LogP contribution in [0.2, 0.25) is 0 Å². The van der Waals surface area contributed by atoms with Crippen LogP contribution in [0, 0.1) is 0 Å². The van der Waals surface area contributed by atoms with Crippen molar-refractivity contribution in [2.45, 2.75) is 46.5 Å². The van der Waals surface area contributed by atoms with E-state index in [0.717, 1.165) is 48.1 Å². The molecule has 0 aromatic heterocycles. The zero-order valence-electron chi connectivity index (χ0n) is 17.3. The quantitative estimate of drug-likeness (QED) is 0.413. The lowest BCUT2D eigenvalue weighted by molar-refractivity contribution is 0.104. The summed E-state index contributed by atoms with van der Waals surface area (Å²) in [5.74, 6) is 0.946. The summed E-state index contributed by atoms with van der Waals surface area (Å²) >= 11 is 0. The number of aryl methyl sites for hydroxylation is 1. The third-order valence-electron chi connectivity index (χ3n) is 4.64. The second kappa shape index (κ2) is 10.5. The molecule has 0 fully saturated rings. The first-order valence-electron chi connectivity index (χ1n) is 10.1. The molecule has 0 unspecified atom stereocenters. The van der Waals surface area contributed by atoms with Crippen molar-refractivity contribution in [2.75, 3.05) is 19.0 Å². The summed E-state index contributed by atoms with van der Waals surface area (Å²) in [6.07, 6.45) is 6.75. The van der Waals surface area contributed by atoms with Gasteiger partial charge < -0.3 is 15.2 Å². The molecule has 2 N–H and O–H groups in total. The summed E-state index contributed by atoms with van der Waals surface area (Å²) in [4.78, 5) is 12.6. The first kappa shape index (κ1) is 21.5. The van der Waals surface area contributed by atoms with Crippen LogP contribution in [-0.4, -0.2) is 24.5 Å². The number of ketones is 1. The van der Waals surface area contributed by atoms with Crippen molar-refractivity contribution in [1.29, 1.82) is 0 Å². The molecule has 0 saturated heterocycles. The van der Waals surface area contributed by atoms with E-state index in [1.807, 2.05) is 44.3 Å². The summed E-state index contributed by atoms with van der Waals surface area (Å²) in [5.41, 5.74) is 4.17. The van der Waals surface area contributed by atoms with Crippen LogP contribution in [0.25, 0.3) is 6.08 Å². The predicted molar refractivity (Wildman–Crippen MR) is 117 cm³/mol. The third-order valence-corrected chi connectivity index (χ3v) is 4.64. The highest BCUT2D eigenvalue weighted by Crippen LogP contribution is 2.37. The predicted octanol–water partition coefficient (Wildman–Crippen LogP) is 5.63. The van der Waals surface area contributed by atoms with E-state index in [1.54, 1.807) is 12.2 Å². The third kappa shape index (κ3) is 5.16. The summed E-state index contributed by atoms with van der Waals surface area (Å²) in [7, 11) is 1.85. The molecule has 0 spiro atoms. The molecule has 0 heterocycles. The van der Waals surface area contributed by atoms with Gasteiger partial charge in [0.05, 0.1) is 6.61 Å². The Morgan fingerprint density at radius 1 is 1.11 bits per heavy atom. The highest BCUT2D eigenvalue weighted by atomic mass is 16.5. The van der Waals surface area contributed by atoms with Gasteiger partial charge in [-0.15, -0.1) is 0 Å². The van der Waals surface area contributed by atoms with E-state index in [0.29, 0.717) is 23.7 Å². The van der Waals surface area contributed by atoms with Gasteiger partial charge in [0.25, 0.3) is 0 Å². The molecule has 4 heteroatoms. The van der Waals surface area contributed by atoms with Gasteiger partial charge in [-0.05, 0) is 67.8 Å². The number of nitrogens with one attached hydrogen (secondary N) is 1. The number of carbonyl (C=O) groups excluding carboxylic acids is 1. The minimum atomic E-state index is -0.0627. The Morgan fingerprint density at radius 2 is 1.79 bits per heavy atom. The average molecular weight is 382 g/mol. The number of hydrogen-bond donors (Lipinski definition) is 2. The SMILES string of the molecule is CCCc1cc(/C=C/C(=O)c2ccc(NC)cc2)c(OCC)c(CCC)c1O. The molecule has 0 atom stereocenters. The van der Waals surface area contributed by atoms with Crippen molar-refractivity contribution in [3.05, 3.63) is 58.7 Å². The normalized spacial score (nSPS) is 11.0. The number of hydrogen-bond acceptors (Lipinski definition) is 4. The Kier molecular flexibility index (Phi) is 8.12. The Bertz CT molecular complexity index is 823. The zero-order chi connectivity index (χ0) is 20.5. The Hall–Kier alpha value is -2.75. The van der Waals surface area contributed by atoms with Crippen molar-refractivity contribution in [3.63, 3.8) is 0 Å². The molecular formula is C24H31NO3. The van der Waals surface area contributed by atoms with Gasteiger partial charge in [-0.3, -0.25) is 4.79 Å². The highest BCUT2D eigenvalue weighted by Gasteiger charge is 2.17. The van der Waals surface area contributed by atoms with E-state index in [9.17, 15) is 9.90 Å². The van der Waals surface area contributed by atoms with Gasteiger partial charge in [0.2, 0.25) is 0 Å². The minimum Gasteiger partial charge on any atom is -0.507 e. The Balaban J connectivity index is 2.43. The van der Waals surface area contributed by atoms with E-state index in [1.165, 1.54) is 0 Å². The molecule has 0 aliphatic carbocycles. The van der Waals surface area contributed by atoms with Crippen LogP contribution in [-0.2, 0) is 12.8 Å². The number of ether oxygens (including phenoxy) is 1. The van der Waals surface area contributed by atoms with Crippen molar-refractivity contribution in [3.8, 4) is 11.5 Å². The van der Waals surface area contributed by atoms with Gasteiger partial charge in [-0.2, -0.15) is 0 Å². The van der Waals surface area contributed by atoms with E-state index >= 15 is 0 Å². The summed E-state index contributed by atoms with van der Waals surface area (Å²) in [5, 5.41) is 13.8. The fraction of sp³-hybridized carbons (Fsp3) is 0.375. The second-order valence-electron chi connectivity index (χ2n) is 6.74. The monoisotopic (exact) mass is 381 g/mol. The van der Waals surface area contributed by atoms with Crippen LogP contribution in [0.3, 0.4) is 0 Å². The number of phenols is 1. The molecule has 4 nitrogen and oxygen atoms in total. The minimum absolute atomic E-state index is 0.0627. The van der Waals surface area contributed by atoms with Crippen molar-refractivity contribution in [1.82, 2.24) is 0 Å². The number of phenolic OH excluding ortho intramolecular Hbond substituents is 1. The molecule has 2 aromatic rings. The Labute approximate surface area is 168 Å². The van der Waals surface area contributed by atoms with Gasteiger partial charge >= 0.3 is 0 Å². The molecule has 2 rings (SSSR count). The molecule has 28 heavy (non-hydrogen) atoms. The van der Waals surface area contributed by atoms with Crippen molar-refractivity contribution < 1.29 is 14.6 Å². The molecule has 0 aliphatic heterocycles. The zero-order valence-corrected chi connectivity index (χ0v) is 17.3. The highest BCUT2D eigenvalue weighted by molar-refractivity contribution is 6.07. The maximum atomic E-state index is 12.6. The fourth-order valence-corrected chi connectivity index (χ4v) is 3.24. The lowest BCUT2D eigenvalue weighted by atomic mass is 9.96. The molecule has 150 valence electrons. The number of aromatic hydroxyl groups is 1. The molecule has 0 amide bonds. The number of allylic oxidation sites excluding steroid dienone is 1. The number of benzene rings is 2. The van der Waals surface area contributed by atoms with E-state index in [4.69, 9.17) is 4.74 Å². The van der Waals surface area contributed by atoms with Gasteiger partial charge in [0.15, 0.2) is 5.78 Å². The molecule has 0 saturated carbocycles. The van der Waals surface area contributed by atoms with Gasteiger partial charge in [0, 0.05) is 29.4 Å². The number of carbonyl (C=O) groups is 1. The summed E-state index contributed by atoms with van der Waals surface area (Å²) < 4.78 is 5.87. The standard InChI is InChI=1S/C24H31NO3/c1-5-8-18-16-19(24(28-7-3)21(9-6-2)23(18)27)12-15-22(26)17-10-13-20(25-4)14-11-17/h10-16,25,27H,5-9H2,1-4H3/b15-12+. The van der Waals surface area contributed by atoms with Crippen LogP contribution < -0.4 is 10.1 Å². The van der Waals surface area contributed by atoms with Crippen molar-refractivity contribution in [2.24, 2.45) is 0 Å². The average Bonchev–Trinajstić information content (AvgIpc) is 2.71. The first-order chi connectivity index (χ1) is 13.5. The summed E-state index contributed by atoms with van der Waals surface area (Å²) in [6.45, 7) is 6.59. The van der Waals surface area contributed by atoms with Gasteiger partial charge in [0.1, 0.15) is 11.5 Å². The largest absolute Gasteiger partial charge is 0.507 e. The molecule has 0 radical (unpaired) electrons. The van der Waals surface area contributed by atoms with Crippen LogP contribution in [0.5, 0.6) is 11.5 Å². The summed E-state index contributed by atoms with van der Waals surface area (Å²) in [6, 6.07) is 9.32. The van der Waals surface area contributed by atoms with Gasteiger partial charge in [-0.25, -0.2) is 0 Å². The van der Waals surface area contributed by atoms with E-state index < -0.39 is 0 Å². The second-order valence-corrected chi connectivity index (χ2v) is 6.74. The van der Waals surface area contributed by atoms with E-state index in [2.05, 4.69) is 19.2 Å². The van der Waals surface area contributed by atoms with Crippen LogP contribution in [0.4, 0.5) is 5.69 Å². The number of anilines is 1. The lowest BCUT2D eigenvalue weighted by Crippen LogP contribution is -2.03. The fourth-order valence-electron chi connectivity index (χ4n) is 3.24.